The standard InChI is InChI=1S/C11H14F3N3O3S/c1-7-2-3-8(21(15,19)20)4-9(7)17-10(18)5-16-6-11(12,13)14/h2-4,16H,5-6H2,1H3,(H,17,18)(H2,15,19,20). The number of amides is 1. The van der Waals surface area contributed by atoms with Crippen LogP contribution in [0.15, 0.2) is 23.1 Å². The molecule has 1 amide bonds. The Morgan fingerprint density at radius 3 is 2.48 bits per heavy atom. The van der Waals surface area contributed by atoms with E-state index in [1.54, 1.807) is 6.92 Å². The lowest BCUT2D eigenvalue weighted by Crippen LogP contribution is -2.35. The van der Waals surface area contributed by atoms with Crippen LogP contribution in [0, 0.1) is 6.92 Å². The van der Waals surface area contributed by atoms with Crippen molar-refractivity contribution in [3.05, 3.63) is 23.8 Å². The Morgan fingerprint density at radius 2 is 1.95 bits per heavy atom. The Kier molecular flexibility index (Phi) is 5.31. The molecule has 6 nitrogen and oxygen atoms in total. The van der Waals surface area contributed by atoms with Crippen molar-refractivity contribution in [2.45, 2.75) is 18.0 Å². The Balaban J connectivity index is 2.72. The first-order chi connectivity index (χ1) is 9.49. The van der Waals surface area contributed by atoms with Crippen molar-refractivity contribution in [2.24, 2.45) is 5.14 Å². The number of benzene rings is 1. The van der Waals surface area contributed by atoms with Crippen molar-refractivity contribution in [3.8, 4) is 0 Å². The molecule has 0 atom stereocenters. The molecule has 0 saturated carbocycles. The molecule has 0 radical (unpaired) electrons. The van der Waals surface area contributed by atoms with E-state index in [1.165, 1.54) is 12.1 Å². The average Bonchev–Trinajstić information content (AvgIpc) is 2.28. The molecule has 0 aromatic heterocycles. The topological polar surface area (TPSA) is 101 Å². The maximum absolute atomic E-state index is 11.9. The molecule has 118 valence electrons. The Hall–Kier alpha value is -1.65. The molecule has 0 aliphatic carbocycles. The minimum atomic E-state index is -4.41. The first-order valence-electron chi connectivity index (χ1n) is 5.70. The molecule has 0 saturated heterocycles. The number of carbonyl (C=O) groups excluding carboxylic acids is 1. The van der Waals surface area contributed by atoms with Crippen LogP contribution < -0.4 is 15.8 Å². The van der Waals surface area contributed by atoms with E-state index >= 15 is 0 Å². The quantitative estimate of drug-likeness (QED) is 0.743. The minimum Gasteiger partial charge on any atom is -0.325 e. The van der Waals surface area contributed by atoms with E-state index in [0.29, 0.717) is 5.56 Å². The van der Waals surface area contributed by atoms with Gasteiger partial charge in [0, 0.05) is 5.69 Å². The number of nitrogens with two attached hydrogens (primary N) is 1. The van der Waals surface area contributed by atoms with Gasteiger partial charge >= 0.3 is 6.18 Å². The van der Waals surface area contributed by atoms with Crippen LogP contribution in [0.2, 0.25) is 0 Å². The predicted octanol–water partition coefficient (Wildman–Crippen LogP) is 0.733. The molecule has 0 spiro atoms. The van der Waals surface area contributed by atoms with Crippen molar-refractivity contribution in [1.29, 1.82) is 0 Å². The molecule has 1 aromatic carbocycles. The highest BCUT2D eigenvalue weighted by molar-refractivity contribution is 7.89. The third kappa shape index (κ3) is 6.10. The number of primary sulfonamides is 1. The molecular formula is C11H14F3N3O3S. The zero-order valence-corrected chi connectivity index (χ0v) is 11.8. The summed E-state index contributed by atoms with van der Waals surface area (Å²) < 4.78 is 58.1. The van der Waals surface area contributed by atoms with Crippen molar-refractivity contribution in [2.75, 3.05) is 18.4 Å². The van der Waals surface area contributed by atoms with Gasteiger partial charge in [0.05, 0.1) is 18.0 Å². The minimum absolute atomic E-state index is 0.167. The molecule has 1 rings (SSSR count). The highest BCUT2D eigenvalue weighted by Crippen LogP contribution is 2.19. The van der Waals surface area contributed by atoms with Gasteiger partial charge in [-0.05, 0) is 24.6 Å². The molecular weight excluding hydrogens is 311 g/mol. The maximum Gasteiger partial charge on any atom is 0.401 e. The summed E-state index contributed by atoms with van der Waals surface area (Å²) in [6.45, 7) is -0.249. The van der Waals surface area contributed by atoms with E-state index in [2.05, 4.69) is 5.32 Å². The Morgan fingerprint density at radius 1 is 1.33 bits per heavy atom. The van der Waals surface area contributed by atoms with Gasteiger partial charge in [-0.3, -0.25) is 4.79 Å². The first-order valence-corrected chi connectivity index (χ1v) is 7.24. The summed E-state index contributed by atoms with van der Waals surface area (Å²) in [5.41, 5.74) is 0.715. The van der Waals surface area contributed by atoms with Gasteiger partial charge in [-0.1, -0.05) is 6.07 Å². The van der Waals surface area contributed by atoms with Crippen LogP contribution in [0.3, 0.4) is 0 Å². The predicted molar refractivity (Wildman–Crippen MR) is 70.1 cm³/mol. The van der Waals surface area contributed by atoms with Gasteiger partial charge in [0.1, 0.15) is 0 Å². The van der Waals surface area contributed by atoms with Crippen LogP contribution >= 0.6 is 0 Å². The van der Waals surface area contributed by atoms with Gasteiger partial charge in [-0.15, -0.1) is 0 Å². The number of sulfonamides is 1. The van der Waals surface area contributed by atoms with Crippen molar-refractivity contribution in [1.82, 2.24) is 5.32 Å². The first kappa shape index (κ1) is 17.4. The summed E-state index contributed by atoms with van der Waals surface area (Å²) in [5.74, 6) is -0.728. The summed E-state index contributed by atoms with van der Waals surface area (Å²) in [5, 5.41) is 9.21. The van der Waals surface area contributed by atoms with E-state index in [-0.39, 0.29) is 10.6 Å². The van der Waals surface area contributed by atoms with Gasteiger partial charge in [0.25, 0.3) is 0 Å². The molecule has 4 N–H and O–H groups in total. The molecule has 0 aliphatic heterocycles. The van der Waals surface area contributed by atoms with E-state index in [1.807, 2.05) is 5.32 Å². The lowest BCUT2D eigenvalue weighted by molar-refractivity contribution is -0.126. The van der Waals surface area contributed by atoms with Crippen molar-refractivity contribution >= 4 is 21.6 Å². The monoisotopic (exact) mass is 325 g/mol. The fourth-order valence-corrected chi connectivity index (χ4v) is 1.96. The summed E-state index contributed by atoms with van der Waals surface area (Å²) in [7, 11) is -3.93. The Labute approximate surface area is 119 Å². The summed E-state index contributed by atoms with van der Waals surface area (Å²) >= 11 is 0. The van der Waals surface area contributed by atoms with Gasteiger partial charge in [0.2, 0.25) is 15.9 Å². The van der Waals surface area contributed by atoms with Crippen LogP contribution in [-0.2, 0) is 14.8 Å². The second kappa shape index (κ2) is 6.41. The third-order valence-corrected chi connectivity index (χ3v) is 3.33. The van der Waals surface area contributed by atoms with Crippen LogP contribution in [0.1, 0.15) is 5.56 Å². The van der Waals surface area contributed by atoms with E-state index < -0.39 is 35.2 Å². The second-order valence-electron chi connectivity index (χ2n) is 4.29. The summed E-state index contributed by atoms with van der Waals surface area (Å²) in [4.78, 5) is 11.3. The Bertz CT molecular complexity index is 629. The number of hydrogen-bond donors (Lipinski definition) is 3. The van der Waals surface area contributed by atoms with Gasteiger partial charge < -0.3 is 10.6 Å². The zero-order chi connectivity index (χ0) is 16.3. The number of hydrogen-bond acceptors (Lipinski definition) is 4. The summed E-state index contributed by atoms with van der Waals surface area (Å²) in [6, 6.07) is 3.84. The lowest BCUT2D eigenvalue weighted by Gasteiger charge is -2.11. The van der Waals surface area contributed by atoms with Gasteiger partial charge in [-0.2, -0.15) is 13.2 Å². The van der Waals surface area contributed by atoms with Gasteiger partial charge in [-0.25, -0.2) is 13.6 Å². The molecule has 0 aliphatic rings. The third-order valence-electron chi connectivity index (χ3n) is 2.42. The highest BCUT2D eigenvalue weighted by Gasteiger charge is 2.26. The number of alkyl halides is 3. The number of carbonyl (C=O) groups is 1. The molecule has 1 aromatic rings. The molecule has 10 heteroatoms. The molecule has 0 heterocycles. The molecule has 0 bridgehead atoms. The molecule has 0 fully saturated rings. The number of aryl methyl sites for hydroxylation is 1. The van der Waals surface area contributed by atoms with Crippen molar-refractivity contribution in [3.63, 3.8) is 0 Å². The maximum atomic E-state index is 11.9. The van der Waals surface area contributed by atoms with E-state index in [4.69, 9.17) is 5.14 Å². The number of halogens is 3. The fourth-order valence-electron chi connectivity index (χ4n) is 1.42. The van der Waals surface area contributed by atoms with Gasteiger partial charge in [0.15, 0.2) is 0 Å². The summed E-state index contributed by atoms with van der Waals surface area (Å²) in [6.07, 6.45) is -4.41. The van der Waals surface area contributed by atoms with Crippen molar-refractivity contribution < 1.29 is 26.4 Å². The highest BCUT2D eigenvalue weighted by atomic mass is 32.2. The lowest BCUT2D eigenvalue weighted by atomic mass is 10.2. The number of rotatable bonds is 5. The second-order valence-corrected chi connectivity index (χ2v) is 5.85. The van der Waals surface area contributed by atoms with Crippen LogP contribution in [-0.4, -0.2) is 33.6 Å². The van der Waals surface area contributed by atoms with Crippen LogP contribution in [0.4, 0.5) is 18.9 Å². The number of nitrogens with one attached hydrogen (secondary N) is 2. The SMILES string of the molecule is Cc1ccc(S(N)(=O)=O)cc1NC(=O)CNCC(F)(F)F. The largest absolute Gasteiger partial charge is 0.401 e. The molecule has 21 heavy (non-hydrogen) atoms. The van der Waals surface area contributed by atoms with Crippen LogP contribution in [0.5, 0.6) is 0 Å². The fraction of sp³-hybridized carbons (Fsp3) is 0.364. The smallest absolute Gasteiger partial charge is 0.325 e. The normalized spacial score (nSPS) is 12.2. The average molecular weight is 325 g/mol. The number of anilines is 1. The molecule has 0 unspecified atom stereocenters. The van der Waals surface area contributed by atoms with Crippen LogP contribution in [0.25, 0.3) is 0 Å². The van der Waals surface area contributed by atoms with E-state index in [9.17, 15) is 26.4 Å². The van der Waals surface area contributed by atoms with E-state index in [0.717, 1.165) is 6.07 Å². The zero-order valence-electron chi connectivity index (χ0n) is 11.0.